The maximum atomic E-state index is 14.0. The quantitative estimate of drug-likeness (QED) is 0.358. The third-order valence-electron chi connectivity index (χ3n) is 3.88. The SMILES string of the molecule is C=CCn1c(SCc2c(F)cccc2Cl)nnc1C(C)Oc1ccccc1. The van der Waals surface area contributed by atoms with E-state index in [9.17, 15) is 4.39 Å². The summed E-state index contributed by atoms with van der Waals surface area (Å²) in [5, 5.41) is 9.60. The predicted molar refractivity (Wildman–Crippen MR) is 107 cm³/mol. The molecule has 4 nitrogen and oxygen atoms in total. The largest absolute Gasteiger partial charge is 0.483 e. The molecule has 0 radical (unpaired) electrons. The van der Waals surface area contributed by atoms with Crippen LogP contribution in [0.15, 0.2) is 66.3 Å². The molecule has 0 aliphatic rings. The first-order valence-electron chi connectivity index (χ1n) is 8.41. The highest BCUT2D eigenvalue weighted by Gasteiger charge is 2.19. The molecule has 0 aliphatic heterocycles. The Morgan fingerprint density at radius 2 is 2.00 bits per heavy atom. The molecule has 1 atom stereocenters. The van der Waals surface area contributed by atoms with Gasteiger partial charge in [0.1, 0.15) is 11.6 Å². The lowest BCUT2D eigenvalue weighted by Gasteiger charge is -2.15. The molecule has 0 aliphatic carbocycles. The van der Waals surface area contributed by atoms with Gasteiger partial charge in [-0.2, -0.15) is 0 Å². The average Bonchev–Trinajstić information content (AvgIpc) is 3.05. The zero-order valence-electron chi connectivity index (χ0n) is 14.8. The molecule has 0 fully saturated rings. The first-order valence-corrected chi connectivity index (χ1v) is 9.78. The zero-order valence-corrected chi connectivity index (χ0v) is 16.4. The Balaban J connectivity index is 1.79. The summed E-state index contributed by atoms with van der Waals surface area (Å²) >= 11 is 7.48. The third-order valence-corrected chi connectivity index (χ3v) is 5.23. The van der Waals surface area contributed by atoms with E-state index in [2.05, 4.69) is 16.8 Å². The van der Waals surface area contributed by atoms with Crippen molar-refractivity contribution < 1.29 is 9.13 Å². The number of para-hydroxylation sites is 1. The number of hydrogen-bond acceptors (Lipinski definition) is 4. The maximum Gasteiger partial charge on any atom is 0.191 e. The number of hydrogen-bond donors (Lipinski definition) is 0. The van der Waals surface area contributed by atoms with Gasteiger partial charge in [0.05, 0.1) is 0 Å². The van der Waals surface area contributed by atoms with Gasteiger partial charge in [-0.3, -0.25) is 4.57 Å². The summed E-state index contributed by atoms with van der Waals surface area (Å²) in [6.45, 7) is 6.24. The van der Waals surface area contributed by atoms with Crippen LogP contribution >= 0.6 is 23.4 Å². The van der Waals surface area contributed by atoms with E-state index in [1.165, 1.54) is 17.8 Å². The molecule has 0 N–H and O–H groups in total. The molecule has 0 saturated carbocycles. The normalized spacial score (nSPS) is 12.0. The number of benzene rings is 2. The van der Waals surface area contributed by atoms with E-state index >= 15 is 0 Å². The molecule has 1 aromatic heterocycles. The van der Waals surface area contributed by atoms with E-state index < -0.39 is 0 Å². The number of thioether (sulfide) groups is 1. The minimum atomic E-state index is -0.328. The lowest BCUT2D eigenvalue weighted by Crippen LogP contribution is -2.12. The Bertz CT molecular complexity index is 897. The summed E-state index contributed by atoms with van der Waals surface area (Å²) in [4.78, 5) is 0. The highest BCUT2D eigenvalue weighted by atomic mass is 35.5. The standard InChI is InChI=1S/C20H19ClFN3OS/c1-3-12-25-19(14(2)26-15-8-5-4-6-9-15)23-24-20(25)27-13-16-17(21)10-7-11-18(16)22/h3-11,14H,1,12-13H2,2H3. The van der Waals surface area contributed by atoms with E-state index in [1.807, 2.05) is 41.8 Å². The van der Waals surface area contributed by atoms with Gasteiger partial charge in [0.15, 0.2) is 17.1 Å². The highest BCUT2D eigenvalue weighted by Crippen LogP contribution is 2.29. The topological polar surface area (TPSA) is 39.9 Å². The Kier molecular flexibility index (Phi) is 6.53. The van der Waals surface area contributed by atoms with Crippen molar-refractivity contribution >= 4 is 23.4 Å². The Hall–Kier alpha value is -2.31. The monoisotopic (exact) mass is 403 g/mol. The van der Waals surface area contributed by atoms with Crippen molar-refractivity contribution in [3.63, 3.8) is 0 Å². The lowest BCUT2D eigenvalue weighted by atomic mass is 10.2. The second kappa shape index (κ2) is 9.06. The van der Waals surface area contributed by atoms with Crippen molar-refractivity contribution in [3.8, 4) is 5.75 Å². The fourth-order valence-corrected chi connectivity index (χ4v) is 3.87. The molecule has 0 amide bonds. The van der Waals surface area contributed by atoms with Gasteiger partial charge in [0, 0.05) is 22.9 Å². The molecule has 0 bridgehead atoms. The number of aromatic nitrogens is 3. The van der Waals surface area contributed by atoms with Crippen molar-refractivity contribution in [1.29, 1.82) is 0 Å². The summed E-state index contributed by atoms with van der Waals surface area (Å²) in [6, 6.07) is 14.2. The molecular weight excluding hydrogens is 385 g/mol. The van der Waals surface area contributed by atoms with Crippen LogP contribution in [-0.2, 0) is 12.3 Å². The number of rotatable bonds is 8. The van der Waals surface area contributed by atoms with Crippen molar-refractivity contribution in [2.45, 2.75) is 30.5 Å². The molecule has 7 heteroatoms. The Morgan fingerprint density at radius 3 is 2.70 bits per heavy atom. The summed E-state index contributed by atoms with van der Waals surface area (Å²) in [7, 11) is 0. The summed E-state index contributed by atoms with van der Waals surface area (Å²) in [6.07, 6.45) is 1.47. The summed E-state index contributed by atoms with van der Waals surface area (Å²) in [5.74, 6) is 1.46. The van der Waals surface area contributed by atoms with Crippen LogP contribution in [0.4, 0.5) is 4.39 Å². The van der Waals surface area contributed by atoms with Crippen LogP contribution < -0.4 is 4.74 Å². The first kappa shape index (κ1) is 19.5. The molecule has 2 aromatic carbocycles. The Labute approximate surface area is 167 Å². The second-order valence-corrected chi connectivity index (χ2v) is 7.15. The van der Waals surface area contributed by atoms with Gasteiger partial charge in [0.2, 0.25) is 0 Å². The highest BCUT2D eigenvalue weighted by molar-refractivity contribution is 7.98. The van der Waals surface area contributed by atoms with Crippen LogP contribution in [0.25, 0.3) is 0 Å². The first-order chi connectivity index (χ1) is 13.1. The van der Waals surface area contributed by atoms with Crippen LogP contribution in [-0.4, -0.2) is 14.8 Å². The average molecular weight is 404 g/mol. The third kappa shape index (κ3) is 4.70. The van der Waals surface area contributed by atoms with Gasteiger partial charge in [-0.1, -0.05) is 53.7 Å². The molecular formula is C20H19ClFN3OS. The summed E-state index contributed by atoms with van der Waals surface area (Å²) < 4.78 is 21.9. The fourth-order valence-electron chi connectivity index (χ4n) is 2.57. The van der Waals surface area contributed by atoms with Gasteiger partial charge < -0.3 is 4.74 Å². The number of halogens is 2. The van der Waals surface area contributed by atoms with Gasteiger partial charge in [-0.05, 0) is 31.2 Å². The van der Waals surface area contributed by atoms with Gasteiger partial charge >= 0.3 is 0 Å². The maximum absolute atomic E-state index is 14.0. The zero-order chi connectivity index (χ0) is 19.2. The summed E-state index contributed by atoms with van der Waals surface area (Å²) in [5.41, 5.74) is 0.451. The lowest BCUT2D eigenvalue weighted by molar-refractivity contribution is 0.210. The molecule has 3 rings (SSSR count). The van der Waals surface area contributed by atoms with E-state index in [0.29, 0.717) is 33.9 Å². The van der Waals surface area contributed by atoms with Crippen molar-refractivity contribution in [3.05, 3.63) is 83.4 Å². The van der Waals surface area contributed by atoms with Gasteiger partial charge in [0.25, 0.3) is 0 Å². The molecule has 140 valence electrons. The van der Waals surface area contributed by atoms with Crippen molar-refractivity contribution in [1.82, 2.24) is 14.8 Å². The van der Waals surface area contributed by atoms with Crippen LogP contribution in [0.5, 0.6) is 5.75 Å². The molecule has 3 aromatic rings. The van der Waals surface area contributed by atoms with E-state index in [4.69, 9.17) is 16.3 Å². The Morgan fingerprint density at radius 1 is 1.22 bits per heavy atom. The van der Waals surface area contributed by atoms with Crippen LogP contribution in [0.3, 0.4) is 0 Å². The minimum Gasteiger partial charge on any atom is -0.483 e. The van der Waals surface area contributed by atoms with Gasteiger partial charge in [-0.25, -0.2) is 4.39 Å². The number of nitrogens with zero attached hydrogens (tertiary/aromatic N) is 3. The molecule has 1 heterocycles. The van der Waals surface area contributed by atoms with E-state index in [1.54, 1.807) is 18.2 Å². The van der Waals surface area contributed by atoms with E-state index in [-0.39, 0.29) is 11.9 Å². The molecule has 27 heavy (non-hydrogen) atoms. The molecule has 0 saturated heterocycles. The van der Waals surface area contributed by atoms with Crippen molar-refractivity contribution in [2.75, 3.05) is 0 Å². The number of allylic oxidation sites excluding steroid dienone is 1. The number of ether oxygens (including phenoxy) is 1. The predicted octanol–water partition coefficient (Wildman–Crippen LogP) is 5.69. The van der Waals surface area contributed by atoms with Crippen molar-refractivity contribution in [2.24, 2.45) is 0 Å². The second-order valence-electron chi connectivity index (χ2n) is 5.80. The smallest absolute Gasteiger partial charge is 0.191 e. The minimum absolute atomic E-state index is 0.300. The van der Waals surface area contributed by atoms with Crippen LogP contribution in [0.1, 0.15) is 24.4 Å². The van der Waals surface area contributed by atoms with Crippen LogP contribution in [0.2, 0.25) is 5.02 Å². The molecule has 0 spiro atoms. The molecule has 1 unspecified atom stereocenters. The van der Waals surface area contributed by atoms with Gasteiger partial charge in [-0.15, -0.1) is 16.8 Å². The van der Waals surface area contributed by atoms with Crippen LogP contribution in [0, 0.1) is 5.82 Å². The fraction of sp³-hybridized carbons (Fsp3) is 0.200. The van der Waals surface area contributed by atoms with E-state index in [0.717, 1.165) is 5.75 Å².